The molecule has 0 radical (unpaired) electrons. The van der Waals surface area contributed by atoms with E-state index in [0.717, 1.165) is 23.4 Å². The van der Waals surface area contributed by atoms with Crippen LogP contribution in [0.2, 0.25) is 0 Å². The predicted molar refractivity (Wildman–Crippen MR) is 109 cm³/mol. The van der Waals surface area contributed by atoms with E-state index in [2.05, 4.69) is 16.3 Å². The van der Waals surface area contributed by atoms with Crippen LogP contribution in [0.15, 0.2) is 47.1 Å². The number of aliphatic carboxylic acids is 1. The second kappa shape index (κ2) is 9.60. The third kappa shape index (κ3) is 5.84. The van der Waals surface area contributed by atoms with Crippen molar-refractivity contribution in [1.29, 1.82) is 0 Å². The molecule has 0 bridgehead atoms. The Morgan fingerprint density at radius 3 is 2.62 bits per heavy atom. The van der Waals surface area contributed by atoms with Crippen molar-refractivity contribution in [2.75, 3.05) is 20.1 Å². The first-order chi connectivity index (χ1) is 13.9. The van der Waals surface area contributed by atoms with Crippen molar-refractivity contribution < 1.29 is 19.1 Å². The molecule has 2 N–H and O–H groups in total. The van der Waals surface area contributed by atoms with Crippen molar-refractivity contribution in [3.8, 4) is 0 Å². The van der Waals surface area contributed by atoms with Crippen LogP contribution in [-0.4, -0.2) is 47.0 Å². The summed E-state index contributed by atoms with van der Waals surface area (Å²) in [5, 5.41) is 12.3. The van der Waals surface area contributed by atoms with Gasteiger partial charge >= 0.3 is 12.0 Å². The Morgan fingerprint density at radius 1 is 1.17 bits per heavy atom. The first-order valence-corrected chi connectivity index (χ1v) is 9.95. The molecule has 0 saturated carbocycles. The minimum Gasteiger partial charge on any atom is -0.481 e. The summed E-state index contributed by atoms with van der Waals surface area (Å²) in [5.41, 5.74) is 2.18. The number of benzene rings is 1. The molecule has 1 aliphatic heterocycles. The number of urea groups is 1. The Balaban J connectivity index is 1.57. The number of carboxylic acids is 1. The highest BCUT2D eigenvalue weighted by Gasteiger charge is 2.31. The summed E-state index contributed by atoms with van der Waals surface area (Å²) in [7, 11) is 2.03. The monoisotopic (exact) mass is 399 g/mol. The summed E-state index contributed by atoms with van der Waals surface area (Å²) in [4.78, 5) is 27.7. The minimum atomic E-state index is -0.834. The van der Waals surface area contributed by atoms with Crippen molar-refractivity contribution >= 4 is 12.0 Å². The fourth-order valence-electron chi connectivity index (χ4n) is 3.88. The van der Waals surface area contributed by atoms with Gasteiger partial charge in [0.15, 0.2) is 0 Å². The highest BCUT2D eigenvalue weighted by Crippen LogP contribution is 2.22. The second-order valence-corrected chi connectivity index (χ2v) is 7.96. The van der Waals surface area contributed by atoms with Crippen LogP contribution in [0.3, 0.4) is 0 Å². The van der Waals surface area contributed by atoms with E-state index in [0.29, 0.717) is 26.1 Å². The molecule has 1 aliphatic rings. The Bertz CT molecular complexity index is 821. The third-order valence-electron chi connectivity index (χ3n) is 5.29. The zero-order valence-electron chi connectivity index (χ0n) is 17.0. The van der Waals surface area contributed by atoms with Crippen LogP contribution in [0.4, 0.5) is 4.79 Å². The fraction of sp³-hybridized carbons (Fsp3) is 0.455. The number of carboxylic acid groups (broad SMARTS) is 1. The van der Waals surface area contributed by atoms with E-state index in [4.69, 9.17) is 4.42 Å². The largest absolute Gasteiger partial charge is 0.481 e. The van der Waals surface area contributed by atoms with Crippen LogP contribution in [0.25, 0.3) is 0 Å². The van der Waals surface area contributed by atoms with Crippen LogP contribution < -0.4 is 5.32 Å². The first-order valence-electron chi connectivity index (χ1n) is 9.95. The molecule has 29 heavy (non-hydrogen) atoms. The van der Waals surface area contributed by atoms with E-state index in [-0.39, 0.29) is 18.5 Å². The molecule has 1 fully saturated rings. The lowest BCUT2D eigenvalue weighted by atomic mass is 9.91. The molecule has 0 spiro atoms. The molecule has 7 nitrogen and oxygen atoms in total. The van der Waals surface area contributed by atoms with Gasteiger partial charge in [0.25, 0.3) is 0 Å². The van der Waals surface area contributed by atoms with Crippen molar-refractivity contribution in [3.05, 3.63) is 59.5 Å². The van der Waals surface area contributed by atoms with E-state index >= 15 is 0 Å². The van der Waals surface area contributed by atoms with Crippen LogP contribution in [0, 0.1) is 11.8 Å². The number of nitrogens with zero attached hydrogens (tertiary/aromatic N) is 2. The molecule has 1 aromatic carbocycles. The fourth-order valence-corrected chi connectivity index (χ4v) is 3.88. The van der Waals surface area contributed by atoms with Gasteiger partial charge in [-0.25, -0.2) is 4.79 Å². The molecule has 2 amide bonds. The van der Waals surface area contributed by atoms with E-state index in [1.807, 2.05) is 44.3 Å². The van der Waals surface area contributed by atoms with Crippen LogP contribution in [-0.2, 0) is 24.4 Å². The summed E-state index contributed by atoms with van der Waals surface area (Å²) >= 11 is 0. The molecular formula is C22H29N3O4. The zero-order valence-corrected chi connectivity index (χ0v) is 17.0. The van der Waals surface area contributed by atoms with Gasteiger partial charge in [-0.3, -0.25) is 9.69 Å². The van der Waals surface area contributed by atoms with Crippen molar-refractivity contribution in [1.82, 2.24) is 15.1 Å². The maximum atomic E-state index is 12.6. The van der Waals surface area contributed by atoms with Crippen LogP contribution in [0.5, 0.6) is 0 Å². The molecule has 2 atom stereocenters. The van der Waals surface area contributed by atoms with Gasteiger partial charge in [0.1, 0.15) is 5.76 Å². The van der Waals surface area contributed by atoms with E-state index in [1.54, 1.807) is 11.2 Å². The lowest BCUT2D eigenvalue weighted by Crippen LogP contribution is -2.49. The Hall–Kier alpha value is -2.80. The second-order valence-electron chi connectivity index (χ2n) is 7.96. The van der Waals surface area contributed by atoms with Gasteiger partial charge < -0.3 is 19.7 Å². The summed E-state index contributed by atoms with van der Waals surface area (Å²) < 4.78 is 5.41. The number of rotatable bonds is 7. The molecular weight excluding hydrogens is 370 g/mol. The number of carbonyl (C=O) groups excluding carboxylic acids is 1. The van der Waals surface area contributed by atoms with E-state index in [9.17, 15) is 14.7 Å². The van der Waals surface area contributed by atoms with Gasteiger partial charge in [0.05, 0.1) is 18.7 Å². The van der Waals surface area contributed by atoms with E-state index in [1.165, 1.54) is 0 Å². The third-order valence-corrected chi connectivity index (χ3v) is 5.29. The molecule has 1 saturated heterocycles. The smallest absolute Gasteiger partial charge is 0.317 e. The average molecular weight is 399 g/mol. The normalized spacial score (nSPS) is 19.3. The molecule has 156 valence electrons. The first kappa shape index (κ1) is 20.9. The predicted octanol–water partition coefficient (Wildman–Crippen LogP) is 3.16. The molecule has 2 aromatic rings. The maximum Gasteiger partial charge on any atom is 0.317 e. The van der Waals surface area contributed by atoms with Gasteiger partial charge in [-0.2, -0.15) is 0 Å². The number of furan rings is 1. The standard InChI is InChI=1S/C22H29N3O4/c1-16-10-19(21(26)27)14-25(12-16)22(28)23-11-17-6-3-4-7-18(17)13-24(2)15-20-8-5-9-29-20/h3-9,16,19H,10-15H2,1-2H3,(H,23,28)(H,26,27). The molecule has 3 rings (SSSR count). The number of nitrogens with one attached hydrogen (secondary N) is 1. The number of hydrogen-bond acceptors (Lipinski definition) is 4. The van der Waals surface area contributed by atoms with Gasteiger partial charge in [-0.1, -0.05) is 31.2 Å². The van der Waals surface area contributed by atoms with Crippen LogP contribution >= 0.6 is 0 Å². The molecule has 7 heteroatoms. The SMILES string of the molecule is CC1CC(C(=O)O)CN(C(=O)NCc2ccccc2CN(C)Cc2ccco2)C1. The Morgan fingerprint density at radius 2 is 1.93 bits per heavy atom. The van der Waals surface area contributed by atoms with Gasteiger partial charge in [0, 0.05) is 26.2 Å². The summed E-state index contributed by atoms with van der Waals surface area (Å²) in [6.07, 6.45) is 2.28. The highest BCUT2D eigenvalue weighted by atomic mass is 16.4. The molecule has 0 aliphatic carbocycles. The summed E-state index contributed by atoms with van der Waals surface area (Å²) in [6, 6.07) is 11.6. The number of hydrogen-bond donors (Lipinski definition) is 2. The molecule has 1 aromatic heterocycles. The van der Waals surface area contributed by atoms with E-state index < -0.39 is 11.9 Å². The zero-order chi connectivity index (χ0) is 20.8. The van der Waals surface area contributed by atoms with Crippen molar-refractivity contribution in [2.45, 2.75) is 33.0 Å². The van der Waals surface area contributed by atoms with Gasteiger partial charge in [-0.15, -0.1) is 0 Å². The number of amides is 2. The van der Waals surface area contributed by atoms with Crippen molar-refractivity contribution in [2.24, 2.45) is 11.8 Å². The lowest BCUT2D eigenvalue weighted by Gasteiger charge is -2.34. The Kier molecular flexibility index (Phi) is 6.93. The molecule has 2 unspecified atom stereocenters. The van der Waals surface area contributed by atoms with Crippen molar-refractivity contribution in [3.63, 3.8) is 0 Å². The minimum absolute atomic E-state index is 0.179. The van der Waals surface area contributed by atoms with Gasteiger partial charge in [0.2, 0.25) is 0 Å². The maximum absolute atomic E-state index is 12.6. The number of likely N-dealkylation sites (tertiary alicyclic amines) is 1. The Labute approximate surface area is 171 Å². The highest BCUT2D eigenvalue weighted by molar-refractivity contribution is 5.76. The lowest BCUT2D eigenvalue weighted by molar-refractivity contribution is -0.143. The quantitative estimate of drug-likeness (QED) is 0.747. The van der Waals surface area contributed by atoms with Gasteiger partial charge in [-0.05, 0) is 42.6 Å². The number of carbonyl (C=O) groups is 2. The van der Waals surface area contributed by atoms with Crippen LogP contribution in [0.1, 0.15) is 30.2 Å². The summed E-state index contributed by atoms with van der Waals surface area (Å²) in [6.45, 7) is 4.68. The number of piperidine rings is 1. The molecule has 2 heterocycles. The topological polar surface area (TPSA) is 86.0 Å². The summed E-state index contributed by atoms with van der Waals surface area (Å²) in [5.74, 6) is -0.241. The average Bonchev–Trinajstić information content (AvgIpc) is 3.19.